The molecular formula is C38H75NO7. The van der Waals surface area contributed by atoms with Crippen molar-refractivity contribution in [2.75, 3.05) is 13.2 Å². The standard InChI is InChI=1S/C38H75NO7/c1-3-5-7-9-11-13-15-17-19-21-23-25-27-29-31-39-38(45)37(44)36(43)35(42)33(40)32-46-34(41)30-28-26-24-22-20-18-16-14-12-10-8-6-4-2/h33,35-37,40,42-44H,3-32H2,1-2H3,(H,39,45)/t33-,35-,36+,37-/m1/s1. The van der Waals surface area contributed by atoms with Crippen LogP contribution in [-0.2, 0) is 14.3 Å². The van der Waals surface area contributed by atoms with Crippen molar-refractivity contribution in [1.29, 1.82) is 0 Å². The van der Waals surface area contributed by atoms with Crippen molar-refractivity contribution in [3.05, 3.63) is 0 Å². The van der Waals surface area contributed by atoms with Crippen molar-refractivity contribution in [3.8, 4) is 0 Å². The molecule has 5 N–H and O–H groups in total. The fourth-order valence-corrected chi connectivity index (χ4v) is 5.84. The Labute approximate surface area is 282 Å². The van der Waals surface area contributed by atoms with E-state index in [0.717, 1.165) is 32.1 Å². The third kappa shape index (κ3) is 27.9. The number of rotatable bonds is 35. The fraction of sp³-hybridized carbons (Fsp3) is 0.947. The molecule has 0 aromatic rings. The van der Waals surface area contributed by atoms with Crippen LogP contribution in [0.5, 0.6) is 0 Å². The summed E-state index contributed by atoms with van der Waals surface area (Å²) in [5.74, 6) is -1.27. The maximum absolute atomic E-state index is 12.2. The van der Waals surface area contributed by atoms with E-state index >= 15 is 0 Å². The first-order chi connectivity index (χ1) is 22.3. The lowest BCUT2D eigenvalue weighted by molar-refractivity contribution is -0.159. The van der Waals surface area contributed by atoms with Crippen LogP contribution >= 0.6 is 0 Å². The summed E-state index contributed by atoms with van der Waals surface area (Å²) in [6.07, 6.45) is 26.1. The zero-order valence-electron chi connectivity index (χ0n) is 30.0. The zero-order chi connectivity index (χ0) is 34.1. The maximum atomic E-state index is 12.2. The lowest BCUT2D eigenvalue weighted by atomic mass is 10.0. The topological polar surface area (TPSA) is 136 Å². The SMILES string of the molecule is CCCCCCCCCCCCCCCCNC(=O)[C@H](O)[C@@H](O)[C@H](O)[C@H](O)COC(=O)CCCCCCCCCCCCCCC. The van der Waals surface area contributed by atoms with Crippen LogP contribution in [0.2, 0.25) is 0 Å². The van der Waals surface area contributed by atoms with Crippen LogP contribution in [0.4, 0.5) is 0 Å². The second-order valence-corrected chi connectivity index (χ2v) is 13.6. The molecule has 8 nitrogen and oxygen atoms in total. The normalized spacial score (nSPS) is 14.1. The molecule has 0 fully saturated rings. The molecule has 0 spiro atoms. The first-order valence-corrected chi connectivity index (χ1v) is 19.5. The predicted molar refractivity (Wildman–Crippen MR) is 189 cm³/mol. The Morgan fingerprint density at radius 2 is 0.848 bits per heavy atom. The quantitative estimate of drug-likeness (QED) is 0.0344. The molecule has 0 heterocycles. The highest BCUT2D eigenvalue weighted by molar-refractivity contribution is 5.81. The molecule has 0 aromatic carbocycles. The van der Waals surface area contributed by atoms with Gasteiger partial charge >= 0.3 is 5.97 Å². The number of nitrogens with one attached hydrogen (secondary N) is 1. The molecule has 274 valence electrons. The molecule has 4 atom stereocenters. The van der Waals surface area contributed by atoms with E-state index in [1.165, 1.54) is 135 Å². The van der Waals surface area contributed by atoms with Gasteiger partial charge in [-0.1, -0.05) is 174 Å². The third-order valence-corrected chi connectivity index (χ3v) is 9.07. The summed E-state index contributed by atoms with van der Waals surface area (Å²) >= 11 is 0. The largest absolute Gasteiger partial charge is 0.463 e. The number of aliphatic hydroxyl groups is 4. The number of unbranched alkanes of at least 4 members (excludes halogenated alkanes) is 25. The van der Waals surface area contributed by atoms with Gasteiger partial charge in [-0.05, 0) is 12.8 Å². The number of carbonyl (C=O) groups is 2. The van der Waals surface area contributed by atoms with Crippen LogP contribution in [0, 0.1) is 0 Å². The maximum Gasteiger partial charge on any atom is 0.305 e. The molecule has 0 bridgehead atoms. The van der Waals surface area contributed by atoms with Gasteiger partial charge < -0.3 is 30.5 Å². The molecular weight excluding hydrogens is 582 g/mol. The second kappa shape index (κ2) is 33.7. The van der Waals surface area contributed by atoms with Gasteiger partial charge in [-0.25, -0.2) is 0 Å². The number of ether oxygens (including phenoxy) is 1. The van der Waals surface area contributed by atoms with Crippen molar-refractivity contribution in [2.24, 2.45) is 0 Å². The molecule has 0 saturated heterocycles. The second-order valence-electron chi connectivity index (χ2n) is 13.6. The molecule has 0 rings (SSSR count). The summed E-state index contributed by atoms with van der Waals surface area (Å²) in [5.41, 5.74) is 0. The van der Waals surface area contributed by atoms with Crippen LogP contribution in [0.25, 0.3) is 0 Å². The van der Waals surface area contributed by atoms with Gasteiger partial charge in [0.05, 0.1) is 0 Å². The number of aliphatic hydroxyl groups excluding tert-OH is 4. The minimum absolute atomic E-state index is 0.230. The monoisotopic (exact) mass is 658 g/mol. The summed E-state index contributed by atoms with van der Waals surface area (Å²) in [6.45, 7) is 4.35. The molecule has 8 heteroatoms. The average Bonchev–Trinajstić information content (AvgIpc) is 3.06. The fourth-order valence-electron chi connectivity index (χ4n) is 5.84. The molecule has 0 aliphatic carbocycles. The van der Waals surface area contributed by atoms with E-state index in [-0.39, 0.29) is 6.42 Å². The Kier molecular flexibility index (Phi) is 32.8. The Morgan fingerprint density at radius 3 is 1.24 bits per heavy atom. The van der Waals surface area contributed by atoms with E-state index in [2.05, 4.69) is 19.2 Å². The molecule has 1 amide bonds. The molecule has 0 aliphatic heterocycles. The van der Waals surface area contributed by atoms with Crippen LogP contribution in [0.1, 0.15) is 194 Å². The smallest absolute Gasteiger partial charge is 0.305 e. The van der Waals surface area contributed by atoms with Crippen molar-refractivity contribution in [1.82, 2.24) is 5.32 Å². The van der Waals surface area contributed by atoms with E-state index in [1.807, 2.05) is 0 Å². The lowest BCUT2D eigenvalue weighted by Gasteiger charge is -2.25. The van der Waals surface area contributed by atoms with Crippen molar-refractivity contribution in [3.63, 3.8) is 0 Å². The number of esters is 1. The Balaban J connectivity index is 3.75. The van der Waals surface area contributed by atoms with Gasteiger partial charge in [0, 0.05) is 13.0 Å². The highest BCUT2D eigenvalue weighted by Crippen LogP contribution is 2.15. The molecule has 46 heavy (non-hydrogen) atoms. The van der Waals surface area contributed by atoms with Gasteiger partial charge in [0.2, 0.25) is 0 Å². The summed E-state index contributed by atoms with van der Waals surface area (Å²) < 4.78 is 5.04. The summed E-state index contributed by atoms with van der Waals surface area (Å²) in [5, 5.41) is 43.2. The summed E-state index contributed by atoms with van der Waals surface area (Å²) in [7, 11) is 0. The van der Waals surface area contributed by atoms with E-state index < -0.39 is 42.9 Å². The highest BCUT2D eigenvalue weighted by Gasteiger charge is 2.34. The number of amides is 1. The van der Waals surface area contributed by atoms with Gasteiger partial charge in [-0.3, -0.25) is 9.59 Å². The van der Waals surface area contributed by atoms with Gasteiger partial charge in [-0.15, -0.1) is 0 Å². The molecule has 0 aromatic heterocycles. The minimum atomic E-state index is -1.90. The van der Waals surface area contributed by atoms with Gasteiger partial charge in [-0.2, -0.15) is 0 Å². The van der Waals surface area contributed by atoms with Crippen molar-refractivity contribution in [2.45, 2.75) is 218 Å². The Bertz CT molecular complexity index is 677. The first-order valence-electron chi connectivity index (χ1n) is 19.5. The number of hydrogen-bond acceptors (Lipinski definition) is 7. The van der Waals surface area contributed by atoms with Gasteiger partial charge in [0.1, 0.15) is 24.9 Å². The van der Waals surface area contributed by atoms with Gasteiger partial charge in [0.25, 0.3) is 5.91 Å². The Morgan fingerprint density at radius 1 is 0.500 bits per heavy atom. The molecule has 0 saturated carbocycles. The Hall–Kier alpha value is -1.22. The van der Waals surface area contributed by atoms with Crippen LogP contribution in [0.3, 0.4) is 0 Å². The van der Waals surface area contributed by atoms with E-state index in [9.17, 15) is 30.0 Å². The lowest BCUT2D eigenvalue weighted by Crippen LogP contribution is -2.52. The van der Waals surface area contributed by atoms with Gasteiger partial charge in [0.15, 0.2) is 6.10 Å². The van der Waals surface area contributed by atoms with E-state index in [4.69, 9.17) is 4.74 Å². The minimum Gasteiger partial charge on any atom is -0.463 e. The number of carbonyl (C=O) groups excluding carboxylic acids is 2. The van der Waals surface area contributed by atoms with Crippen LogP contribution in [0.15, 0.2) is 0 Å². The average molecular weight is 658 g/mol. The van der Waals surface area contributed by atoms with E-state index in [0.29, 0.717) is 13.0 Å². The highest BCUT2D eigenvalue weighted by atomic mass is 16.5. The zero-order valence-corrected chi connectivity index (χ0v) is 30.0. The number of hydrogen-bond donors (Lipinski definition) is 5. The molecule has 0 aliphatic rings. The summed E-state index contributed by atoms with van der Waals surface area (Å²) in [6, 6.07) is 0. The molecule has 0 unspecified atom stereocenters. The first kappa shape index (κ1) is 44.8. The summed E-state index contributed by atoms with van der Waals surface area (Å²) in [4.78, 5) is 24.2. The van der Waals surface area contributed by atoms with Crippen LogP contribution in [-0.4, -0.2) is 69.9 Å². The predicted octanol–water partition coefficient (Wildman–Crippen LogP) is 8.05. The molecule has 0 radical (unpaired) electrons. The van der Waals surface area contributed by atoms with Crippen molar-refractivity contribution >= 4 is 11.9 Å². The van der Waals surface area contributed by atoms with Crippen LogP contribution < -0.4 is 5.32 Å². The van der Waals surface area contributed by atoms with E-state index in [1.54, 1.807) is 0 Å². The van der Waals surface area contributed by atoms with Crippen molar-refractivity contribution < 1.29 is 34.8 Å². The third-order valence-electron chi connectivity index (χ3n) is 9.07.